The highest BCUT2D eigenvalue weighted by Gasteiger charge is 2.13. The molecule has 0 radical (unpaired) electrons. The van der Waals surface area contributed by atoms with Crippen molar-refractivity contribution < 1.29 is 9.47 Å². The molecule has 0 aromatic heterocycles. The van der Waals surface area contributed by atoms with E-state index in [-0.39, 0.29) is 0 Å². The van der Waals surface area contributed by atoms with Crippen LogP contribution in [0.25, 0.3) is 11.6 Å². The molecule has 4 rings (SSSR count). The molecule has 0 bridgehead atoms. The molecule has 4 aromatic rings. The predicted octanol–water partition coefficient (Wildman–Crippen LogP) is 9.21. The lowest BCUT2D eigenvalue weighted by Crippen LogP contribution is -2.10. The molecule has 0 atom stereocenters. The van der Waals surface area contributed by atoms with Crippen molar-refractivity contribution in [2.45, 2.75) is 19.8 Å². The fraction of sp³-hybridized carbons (Fsp3) is 0.189. The average Bonchev–Trinajstić information content (AvgIpc) is 3.00. The molecule has 204 valence electrons. The maximum absolute atomic E-state index is 5.58. The van der Waals surface area contributed by atoms with Crippen LogP contribution >= 0.6 is 0 Å². The summed E-state index contributed by atoms with van der Waals surface area (Å²) >= 11 is 0. The molecule has 0 unspecified atom stereocenters. The van der Waals surface area contributed by atoms with Crippen LogP contribution in [-0.2, 0) is 22.3 Å². The van der Waals surface area contributed by atoms with Gasteiger partial charge in [-0.1, -0.05) is 85.0 Å². The summed E-state index contributed by atoms with van der Waals surface area (Å²) in [4.78, 5) is 2.30. The van der Waals surface area contributed by atoms with Crippen LogP contribution in [-0.4, -0.2) is 26.4 Å². The standard InChI is InChI=1S/C37H39NO2/c1-4-25-39-27-23-31-11-17-35(18-12-31)38(36-19-13-32(14-20-36)24-28-40-26-5-2)37-21-15-33(16-22-37)29-30(3)34-9-7-6-8-10-34/h4-22,29H,1-2,23-28H2,3H3. The highest BCUT2D eigenvalue weighted by Crippen LogP contribution is 2.35. The summed E-state index contributed by atoms with van der Waals surface area (Å²) in [5.41, 5.74) is 9.49. The van der Waals surface area contributed by atoms with E-state index in [1.165, 1.54) is 27.8 Å². The first-order chi connectivity index (χ1) is 19.7. The number of rotatable bonds is 15. The van der Waals surface area contributed by atoms with Crippen molar-refractivity contribution in [3.63, 3.8) is 0 Å². The molecule has 0 aliphatic rings. The molecule has 0 spiro atoms. The van der Waals surface area contributed by atoms with E-state index < -0.39 is 0 Å². The summed E-state index contributed by atoms with van der Waals surface area (Å²) in [7, 11) is 0. The number of nitrogens with zero attached hydrogens (tertiary/aromatic N) is 1. The molecule has 0 heterocycles. The van der Waals surface area contributed by atoms with Crippen LogP contribution in [0.2, 0.25) is 0 Å². The maximum atomic E-state index is 5.58. The van der Waals surface area contributed by atoms with E-state index in [1.807, 2.05) is 6.07 Å². The van der Waals surface area contributed by atoms with Gasteiger partial charge < -0.3 is 14.4 Å². The monoisotopic (exact) mass is 529 g/mol. The van der Waals surface area contributed by atoms with Crippen molar-refractivity contribution in [1.29, 1.82) is 0 Å². The second-order valence-electron chi connectivity index (χ2n) is 9.68. The van der Waals surface area contributed by atoms with Crippen LogP contribution in [0.1, 0.15) is 29.2 Å². The Bertz CT molecular complexity index is 1300. The molecule has 0 aliphatic carbocycles. The molecule has 40 heavy (non-hydrogen) atoms. The van der Waals surface area contributed by atoms with E-state index in [9.17, 15) is 0 Å². The number of benzene rings is 4. The third-order valence-corrected chi connectivity index (χ3v) is 6.69. The Labute approximate surface area is 239 Å². The van der Waals surface area contributed by atoms with Gasteiger partial charge in [0.1, 0.15) is 0 Å². The van der Waals surface area contributed by atoms with Crippen LogP contribution < -0.4 is 4.90 Å². The van der Waals surface area contributed by atoms with Crippen molar-refractivity contribution in [1.82, 2.24) is 0 Å². The van der Waals surface area contributed by atoms with Gasteiger partial charge in [-0.3, -0.25) is 0 Å². The van der Waals surface area contributed by atoms with Gasteiger partial charge in [0.05, 0.1) is 26.4 Å². The quantitative estimate of drug-likeness (QED) is 0.0870. The minimum atomic E-state index is 0.582. The summed E-state index contributed by atoms with van der Waals surface area (Å²) in [6.07, 6.45) is 7.54. The zero-order valence-electron chi connectivity index (χ0n) is 23.5. The van der Waals surface area contributed by atoms with E-state index in [2.05, 4.69) is 128 Å². The smallest absolute Gasteiger partial charge is 0.0644 e. The summed E-state index contributed by atoms with van der Waals surface area (Å²) in [5, 5.41) is 0. The van der Waals surface area contributed by atoms with Gasteiger partial charge in [-0.15, -0.1) is 13.2 Å². The topological polar surface area (TPSA) is 21.7 Å². The van der Waals surface area contributed by atoms with E-state index in [4.69, 9.17) is 9.47 Å². The van der Waals surface area contributed by atoms with Crippen molar-refractivity contribution in [2.24, 2.45) is 0 Å². The van der Waals surface area contributed by atoms with Gasteiger partial charge in [-0.05, 0) is 84.0 Å². The molecular weight excluding hydrogens is 490 g/mol. The molecule has 0 aliphatic heterocycles. The first-order valence-electron chi connectivity index (χ1n) is 13.9. The van der Waals surface area contributed by atoms with Crippen LogP contribution in [0.4, 0.5) is 17.1 Å². The maximum Gasteiger partial charge on any atom is 0.0644 e. The third-order valence-electron chi connectivity index (χ3n) is 6.69. The zero-order chi connectivity index (χ0) is 28.0. The molecule has 3 nitrogen and oxygen atoms in total. The van der Waals surface area contributed by atoms with Gasteiger partial charge in [-0.25, -0.2) is 0 Å². The number of ether oxygens (including phenoxy) is 2. The van der Waals surface area contributed by atoms with Crippen LogP contribution in [0.15, 0.2) is 128 Å². The molecule has 0 N–H and O–H groups in total. The van der Waals surface area contributed by atoms with Gasteiger partial charge >= 0.3 is 0 Å². The number of hydrogen-bond acceptors (Lipinski definition) is 3. The molecule has 0 saturated carbocycles. The molecular formula is C37H39NO2. The highest BCUT2D eigenvalue weighted by molar-refractivity contribution is 5.82. The Kier molecular flexibility index (Phi) is 11.1. The molecule has 0 saturated heterocycles. The van der Waals surface area contributed by atoms with Crippen molar-refractivity contribution >= 4 is 28.7 Å². The normalized spacial score (nSPS) is 11.3. The van der Waals surface area contributed by atoms with Crippen LogP contribution in [0.3, 0.4) is 0 Å². The lowest BCUT2D eigenvalue weighted by molar-refractivity contribution is 0.166. The highest BCUT2D eigenvalue weighted by atomic mass is 16.5. The van der Waals surface area contributed by atoms with Crippen molar-refractivity contribution in [2.75, 3.05) is 31.3 Å². The largest absolute Gasteiger partial charge is 0.377 e. The Morgan fingerprint density at radius 3 is 1.52 bits per heavy atom. The van der Waals surface area contributed by atoms with Crippen LogP contribution in [0.5, 0.6) is 0 Å². The predicted molar refractivity (Wildman–Crippen MR) is 171 cm³/mol. The lowest BCUT2D eigenvalue weighted by atomic mass is 10.0. The number of hydrogen-bond donors (Lipinski definition) is 0. The third kappa shape index (κ3) is 8.41. The Hall–Kier alpha value is -4.18. The molecule has 4 aromatic carbocycles. The summed E-state index contributed by atoms with van der Waals surface area (Å²) in [6, 6.07) is 36.7. The van der Waals surface area contributed by atoms with E-state index >= 15 is 0 Å². The Morgan fingerprint density at radius 1 is 0.625 bits per heavy atom. The zero-order valence-corrected chi connectivity index (χ0v) is 23.5. The SMILES string of the molecule is C=CCOCCc1ccc(N(c2ccc(C=C(C)c3ccccc3)cc2)c2ccc(CCOCC=C)cc2)cc1. The van der Waals surface area contributed by atoms with Gasteiger partial charge in [-0.2, -0.15) is 0 Å². The Morgan fingerprint density at radius 2 is 1.07 bits per heavy atom. The van der Waals surface area contributed by atoms with E-state index in [0.29, 0.717) is 26.4 Å². The van der Waals surface area contributed by atoms with Gasteiger partial charge in [0.25, 0.3) is 0 Å². The first-order valence-corrected chi connectivity index (χ1v) is 13.9. The van der Waals surface area contributed by atoms with Crippen molar-refractivity contribution in [3.05, 3.63) is 151 Å². The second-order valence-corrected chi connectivity index (χ2v) is 9.68. The average molecular weight is 530 g/mol. The van der Waals surface area contributed by atoms with E-state index in [0.717, 1.165) is 29.9 Å². The van der Waals surface area contributed by atoms with Gasteiger partial charge in [0.2, 0.25) is 0 Å². The van der Waals surface area contributed by atoms with Gasteiger partial charge in [0, 0.05) is 17.1 Å². The summed E-state index contributed by atoms with van der Waals surface area (Å²) < 4.78 is 11.2. The molecule has 0 amide bonds. The number of anilines is 3. The minimum Gasteiger partial charge on any atom is -0.377 e. The van der Waals surface area contributed by atoms with Crippen LogP contribution in [0, 0.1) is 0 Å². The fourth-order valence-electron chi connectivity index (χ4n) is 4.54. The summed E-state index contributed by atoms with van der Waals surface area (Å²) in [6.45, 7) is 12.1. The second kappa shape index (κ2) is 15.4. The summed E-state index contributed by atoms with van der Waals surface area (Å²) in [5.74, 6) is 0. The lowest BCUT2D eigenvalue weighted by Gasteiger charge is -2.26. The van der Waals surface area contributed by atoms with E-state index in [1.54, 1.807) is 12.2 Å². The van der Waals surface area contributed by atoms with Gasteiger partial charge in [0.15, 0.2) is 0 Å². The Balaban J connectivity index is 1.57. The first kappa shape index (κ1) is 28.8. The minimum absolute atomic E-state index is 0.582. The molecule has 0 fully saturated rings. The van der Waals surface area contributed by atoms with Crippen molar-refractivity contribution in [3.8, 4) is 0 Å². The molecule has 3 heteroatoms. The number of allylic oxidation sites excluding steroid dienone is 1. The fourth-order valence-corrected chi connectivity index (χ4v) is 4.54.